The summed E-state index contributed by atoms with van der Waals surface area (Å²) in [6.07, 6.45) is 8.39. The van der Waals surface area contributed by atoms with Gasteiger partial charge in [-0.05, 0) is 106 Å². The monoisotopic (exact) mass is 749 g/mol. The molecule has 0 saturated carbocycles. The highest BCUT2D eigenvalue weighted by Gasteiger charge is 2.40. The number of hydrogen-bond acceptors (Lipinski definition) is 9. The van der Waals surface area contributed by atoms with E-state index >= 15 is 0 Å². The maximum Gasteiger partial charge on any atom is 0.364 e. The van der Waals surface area contributed by atoms with Crippen molar-refractivity contribution in [2.24, 2.45) is 5.92 Å². The van der Waals surface area contributed by atoms with Gasteiger partial charge < -0.3 is 33.2 Å². The van der Waals surface area contributed by atoms with Crippen LogP contribution in [0.4, 0.5) is 0 Å². The van der Waals surface area contributed by atoms with E-state index in [1.165, 1.54) is 6.92 Å². The third kappa shape index (κ3) is 13.0. The Balaban J connectivity index is 0.983. The Morgan fingerprint density at radius 3 is 2.40 bits per heavy atom. The van der Waals surface area contributed by atoms with E-state index in [4.69, 9.17) is 33.1 Å². The minimum Gasteiger partial charge on any atom is -0.490 e. The first-order valence-corrected chi connectivity index (χ1v) is 19.0. The van der Waals surface area contributed by atoms with Crippen LogP contribution in [0.15, 0.2) is 95.4 Å². The summed E-state index contributed by atoms with van der Waals surface area (Å²) in [4.78, 5) is 29.0. The van der Waals surface area contributed by atoms with Crippen LogP contribution >= 0.6 is 0 Å². The maximum atomic E-state index is 12.9. The highest BCUT2D eigenvalue weighted by atomic mass is 16.7. The largest absolute Gasteiger partial charge is 0.490 e. The second kappa shape index (κ2) is 21.0. The number of aliphatic carboxylic acids is 1. The first kappa shape index (κ1) is 41.0. The number of unbranched alkanes of at least 4 members (excludes halogenated alkanes) is 1. The van der Waals surface area contributed by atoms with E-state index in [0.717, 1.165) is 71.6 Å². The van der Waals surface area contributed by atoms with E-state index in [1.807, 2.05) is 98.8 Å². The van der Waals surface area contributed by atoms with E-state index < -0.39 is 17.9 Å². The minimum atomic E-state index is -1.54. The van der Waals surface area contributed by atoms with Crippen molar-refractivity contribution in [2.45, 2.75) is 77.6 Å². The standard InChI is InChI=1S/C45H51NO9/c1-4-50-41(30-36-22-26-39(27-23-36)51-28-12-6-9-16-34-14-7-5-8-15-34)43(47)52-29-13-18-35-20-24-38(25-21-35)42-46-40(33(2)55-42)19-11-10-17-37-31-53-45(3,44(48)49)54-32-37/h5-8,12,14-15,20-27,37,41H,4,10-11,13,17-19,28-32H2,1-3H3,(H,48,49)/b12-6+/t37?,41-,45?/m0/s1. The fourth-order valence-electron chi connectivity index (χ4n) is 6.04. The third-order valence-corrected chi connectivity index (χ3v) is 9.31. The Kier molecular flexibility index (Phi) is 15.7. The molecule has 0 unspecified atom stereocenters. The molecule has 10 nitrogen and oxygen atoms in total. The fraction of sp³-hybridized carbons (Fsp3) is 0.400. The Labute approximate surface area is 323 Å². The van der Waals surface area contributed by atoms with Crippen molar-refractivity contribution in [3.05, 3.63) is 119 Å². The average Bonchev–Trinajstić information content (AvgIpc) is 3.57. The Hall–Kier alpha value is -5.21. The topological polar surface area (TPSA) is 127 Å². The van der Waals surface area contributed by atoms with E-state index in [2.05, 4.69) is 11.8 Å². The first-order valence-electron chi connectivity index (χ1n) is 19.0. The van der Waals surface area contributed by atoms with Crippen molar-refractivity contribution in [3.8, 4) is 29.0 Å². The fourth-order valence-corrected chi connectivity index (χ4v) is 6.04. The van der Waals surface area contributed by atoms with Crippen molar-refractivity contribution >= 4 is 11.9 Å². The molecule has 1 aliphatic rings. The summed E-state index contributed by atoms with van der Waals surface area (Å²) in [5, 5.41) is 9.23. The van der Waals surface area contributed by atoms with E-state index in [1.54, 1.807) is 6.08 Å². The summed E-state index contributed by atoms with van der Waals surface area (Å²) in [5.41, 5.74) is 4.89. The Morgan fingerprint density at radius 2 is 1.69 bits per heavy atom. The van der Waals surface area contributed by atoms with Crippen molar-refractivity contribution in [1.82, 2.24) is 4.98 Å². The number of esters is 1. The van der Waals surface area contributed by atoms with Crippen molar-refractivity contribution < 1.29 is 42.8 Å². The van der Waals surface area contributed by atoms with Gasteiger partial charge in [0.05, 0.1) is 25.5 Å². The number of carbonyl (C=O) groups is 2. The molecule has 1 saturated heterocycles. The van der Waals surface area contributed by atoms with Gasteiger partial charge in [-0.25, -0.2) is 14.6 Å². The number of benzene rings is 3. The molecular formula is C45H51NO9. The molecule has 290 valence electrons. The van der Waals surface area contributed by atoms with E-state index in [9.17, 15) is 14.7 Å². The number of ether oxygens (including phenoxy) is 5. The van der Waals surface area contributed by atoms with E-state index in [0.29, 0.717) is 51.8 Å². The normalized spacial score (nSPS) is 17.3. The maximum absolute atomic E-state index is 12.9. The van der Waals surface area contributed by atoms with Crippen molar-refractivity contribution in [3.63, 3.8) is 0 Å². The van der Waals surface area contributed by atoms with Crippen LogP contribution < -0.4 is 4.74 Å². The Bertz CT molecular complexity index is 1880. The number of aromatic nitrogens is 1. The van der Waals surface area contributed by atoms with E-state index in [-0.39, 0.29) is 11.9 Å². The van der Waals surface area contributed by atoms with Crippen LogP contribution in [0.1, 0.15) is 67.7 Å². The number of allylic oxidation sites excluding steroid dienone is 1. The van der Waals surface area contributed by atoms with Crippen molar-refractivity contribution in [2.75, 3.05) is 33.0 Å². The van der Waals surface area contributed by atoms with Crippen LogP contribution in [-0.4, -0.2) is 67.0 Å². The van der Waals surface area contributed by atoms with Gasteiger partial charge in [0.25, 0.3) is 5.79 Å². The molecule has 3 aromatic carbocycles. The minimum absolute atomic E-state index is 0.181. The lowest BCUT2D eigenvalue weighted by Gasteiger charge is -2.34. The first-order chi connectivity index (χ1) is 26.7. The molecule has 55 heavy (non-hydrogen) atoms. The molecule has 0 radical (unpaired) electrons. The second-order valence-corrected chi connectivity index (χ2v) is 13.6. The number of nitrogens with zero attached hydrogens (tertiary/aromatic N) is 1. The van der Waals surface area contributed by atoms with Crippen LogP contribution in [0.3, 0.4) is 0 Å². The van der Waals surface area contributed by atoms with Gasteiger partial charge in [-0.15, -0.1) is 0 Å². The number of carbonyl (C=O) groups excluding carboxylic acids is 1. The van der Waals surface area contributed by atoms with Crippen LogP contribution in [0.5, 0.6) is 5.75 Å². The van der Waals surface area contributed by atoms with Gasteiger partial charge in [0.15, 0.2) is 6.10 Å². The molecule has 4 aromatic rings. The highest BCUT2D eigenvalue weighted by molar-refractivity contribution is 5.75. The summed E-state index contributed by atoms with van der Waals surface area (Å²) in [6.45, 7) is 7.11. The molecule has 0 aliphatic carbocycles. The molecule has 5 rings (SSSR count). The number of oxazole rings is 1. The van der Waals surface area contributed by atoms with Crippen LogP contribution in [0.2, 0.25) is 0 Å². The van der Waals surface area contributed by atoms with Gasteiger partial charge in [0.2, 0.25) is 5.89 Å². The number of carboxylic acid groups (broad SMARTS) is 1. The van der Waals surface area contributed by atoms with Gasteiger partial charge >= 0.3 is 11.9 Å². The van der Waals surface area contributed by atoms with Crippen LogP contribution in [0, 0.1) is 24.7 Å². The van der Waals surface area contributed by atoms with Gasteiger partial charge in [-0.2, -0.15) is 0 Å². The molecule has 0 bridgehead atoms. The van der Waals surface area contributed by atoms with Crippen molar-refractivity contribution in [1.29, 1.82) is 0 Å². The molecule has 1 aromatic heterocycles. The molecule has 1 atom stereocenters. The molecular weight excluding hydrogens is 698 g/mol. The number of carboxylic acids is 1. The van der Waals surface area contributed by atoms with Gasteiger partial charge in [0.1, 0.15) is 18.1 Å². The predicted molar refractivity (Wildman–Crippen MR) is 208 cm³/mol. The Morgan fingerprint density at radius 1 is 0.964 bits per heavy atom. The summed E-state index contributed by atoms with van der Waals surface area (Å²) in [6, 6.07) is 25.6. The summed E-state index contributed by atoms with van der Waals surface area (Å²) < 4.78 is 34.1. The summed E-state index contributed by atoms with van der Waals surface area (Å²) in [7, 11) is 0. The molecule has 2 heterocycles. The van der Waals surface area contributed by atoms with Crippen LogP contribution in [0.25, 0.3) is 11.5 Å². The number of hydrogen-bond donors (Lipinski definition) is 1. The third-order valence-electron chi connectivity index (χ3n) is 9.31. The van der Waals surface area contributed by atoms with Gasteiger partial charge in [-0.1, -0.05) is 60.7 Å². The molecule has 0 amide bonds. The molecule has 10 heteroatoms. The zero-order valence-corrected chi connectivity index (χ0v) is 32.0. The number of aryl methyl sites for hydroxylation is 3. The van der Waals surface area contributed by atoms with Gasteiger partial charge in [0, 0.05) is 37.0 Å². The lowest BCUT2D eigenvalue weighted by Crippen LogP contribution is -2.47. The van der Waals surface area contributed by atoms with Crippen LogP contribution in [-0.2, 0) is 47.8 Å². The summed E-state index contributed by atoms with van der Waals surface area (Å²) in [5.74, 6) is 5.39. The molecule has 0 spiro atoms. The molecule has 1 fully saturated rings. The van der Waals surface area contributed by atoms with Gasteiger partial charge in [-0.3, -0.25) is 0 Å². The average molecular weight is 750 g/mol. The number of rotatable bonds is 19. The quantitative estimate of drug-likeness (QED) is 0.0574. The smallest absolute Gasteiger partial charge is 0.364 e. The summed E-state index contributed by atoms with van der Waals surface area (Å²) >= 11 is 0. The predicted octanol–water partition coefficient (Wildman–Crippen LogP) is 7.94. The molecule has 1 aliphatic heterocycles. The highest BCUT2D eigenvalue weighted by Crippen LogP contribution is 2.27. The SMILES string of the molecule is CCO[C@@H](Cc1ccc(OC/C=C/C#Cc2ccccc2)cc1)C(=O)OCCCc1ccc(-c2nc(CCCCC3COC(C)(C(=O)O)OC3)c(C)o2)cc1. The second-order valence-electron chi connectivity index (χ2n) is 13.6. The molecule has 1 N–H and O–H groups in total. The lowest BCUT2D eigenvalue weighted by molar-refractivity contribution is -0.271. The zero-order chi connectivity index (χ0) is 38.9. The zero-order valence-electron chi connectivity index (χ0n) is 32.0. The lowest BCUT2D eigenvalue weighted by atomic mass is 10.0.